The van der Waals surface area contributed by atoms with E-state index >= 15 is 0 Å². The molecule has 124 valence electrons. The minimum atomic E-state index is -0.203. The Labute approximate surface area is 140 Å². The van der Waals surface area contributed by atoms with E-state index < -0.39 is 0 Å². The summed E-state index contributed by atoms with van der Waals surface area (Å²) in [6.07, 6.45) is 3.91. The zero-order valence-corrected chi connectivity index (χ0v) is 13.7. The normalized spacial score (nSPS) is 10.6. The van der Waals surface area contributed by atoms with Gasteiger partial charge in [0.05, 0.1) is 19.3 Å². The fourth-order valence-electron chi connectivity index (χ4n) is 2.32. The van der Waals surface area contributed by atoms with Crippen LogP contribution in [0.1, 0.15) is 11.3 Å². The number of aromatic nitrogens is 2. The minimum Gasteiger partial charge on any atom is -0.497 e. The quantitative estimate of drug-likeness (QED) is 0.755. The first-order valence-electron chi connectivity index (χ1n) is 7.62. The van der Waals surface area contributed by atoms with Gasteiger partial charge in [-0.15, -0.1) is 0 Å². The molecule has 3 rings (SSSR count). The van der Waals surface area contributed by atoms with Gasteiger partial charge >= 0.3 is 0 Å². The molecule has 3 aromatic rings. The molecule has 2 aromatic heterocycles. The number of benzene rings is 1. The Morgan fingerprint density at radius 3 is 2.88 bits per heavy atom. The zero-order valence-electron chi connectivity index (χ0n) is 13.7. The molecular formula is C18H19N3O3. The Balaban J connectivity index is 1.52. The average molecular weight is 325 g/mol. The number of methoxy groups -OCH3 is 1. The van der Waals surface area contributed by atoms with Crippen molar-refractivity contribution >= 4 is 11.6 Å². The number of carbonyl (C=O) groups excluding carboxylic acids is 1. The molecule has 0 spiro atoms. The van der Waals surface area contributed by atoms with Crippen molar-refractivity contribution in [1.29, 1.82) is 0 Å². The SMILES string of the molecule is COc1cccc(OCC(=O)NCc2cn3cc(C)ccc3n2)c1. The number of ether oxygens (including phenoxy) is 2. The lowest BCUT2D eigenvalue weighted by atomic mass is 10.3. The second-order valence-corrected chi connectivity index (χ2v) is 5.45. The summed E-state index contributed by atoms with van der Waals surface area (Å²) in [6.45, 7) is 2.33. The first-order chi connectivity index (χ1) is 11.6. The van der Waals surface area contributed by atoms with Crippen molar-refractivity contribution in [3.63, 3.8) is 0 Å². The number of fused-ring (bicyclic) bond motifs is 1. The second kappa shape index (κ2) is 7.04. The lowest BCUT2D eigenvalue weighted by Gasteiger charge is -2.07. The maximum atomic E-state index is 11.9. The molecule has 0 atom stereocenters. The van der Waals surface area contributed by atoms with Gasteiger partial charge in [0.2, 0.25) is 0 Å². The Morgan fingerprint density at radius 1 is 1.21 bits per heavy atom. The lowest BCUT2D eigenvalue weighted by Crippen LogP contribution is -2.28. The number of amides is 1. The van der Waals surface area contributed by atoms with Crippen molar-refractivity contribution in [3.05, 3.63) is 60.0 Å². The number of rotatable bonds is 6. The van der Waals surface area contributed by atoms with Crippen molar-refractivity contribution in [1.82, 2.24) is 14.7 Å². The number of aryl methyl sites for hydroxylation is 1. The van der Waals surface area contributed by atoms with Crippen LogP contribution in [0.3, 0.4) is 0 Å². The van der Waals surface area contributed by atoms with Gasteiger partial charge in [-0.2, -0.15) is 0 Å². The highest BCUT2D eigenvalue weighted by atomic mass is 16.5. The summed E-state index contributed by atoms with van der Waals surface area (Å²) in [5.74, 6) is 1.08. The molecule has 0 bridgehead atoms. The summed E-state index contributed by atoms with van der Waals surface area (Å²) in [5, 5.41) is 2.80. The molecule has 0 unspecified atom stereocenters. The standard InChI is InChI=1S/C18H19N3O3/c1-13-6-7-17-20-14(11-21(17)10-13)9-19-18(22)12-24-16-5-3-4-15(8-16)23-2/h3-8,10-11H,9,12H2,1-2H3,(H,19,22). The highest BCUT2D eigenvalue weighted by Gasteiger charge is 2.06. The molecule has 0 saturated heterocycles. The molecule has 2 heterocycles. The number of hydrogen-bond donors (Lipinski definition) is 1. The first-order valence-corrected chi connectivity index (χ1v) is 7.62. The Kier molecular flexibility index (Phi) is 4.65. The predicted molar refractivity (Wildman–Crippen MR) is 90.3 cm³/mol. The number of nitrogens with zero attached hydrogens (tertiary/aromatic N) is 2. The van der Waals surface area contributed by atoms with Gasteiger partial charge in [0.1, 0.15) is 17.1 Å². The predicted octanol–water partition coefficient (Wildman–Crippen LogP) is 2.35. The van der Waals surface area contributed by atoms with Gasteiger partial charge in [-0.1, -0.05) is 12.1 Å². The van der Waals surface area contributed by atoms with E-state index in [1.807, 2.05) is 48.0 Å². The number of carbonyl (C=O) groups is 1. The van der Waals surface area contributed by atoms with E-state index in [-0.39, 0.29) is 12.5 Å². The Morgan fingerprint density at radius 2 is 2.04 bits per heavy atom. The van der Waals surface area contributed by atoms with Crippen LogP contribution >= 0.6 is 0 Å². The van der Waals surface area contributed by atoms with Gasteiger partial charge in [-0.25, -0.2) is 4.98 Å². The molecule has 0 radical (unpaired) electrons. The van der Waals surface area contributed by atoms with Crippen molar-refractivity contribution in [2.24, 2.45) is 0 Å². The highest BCUT2D eigenvalue weighted by Crippen LogP contribution is 2.18. The van der Waals surface area contributed by atoms with Crippen LogP contribution in [0.5, 0.6) is 11.5 Å². The summed E-state index contributed by atoms with van der Waals surface area (Å²) in [5.41, 5.74) is 2.81. The van der Waals surface area contributed by atoms with E-state index in [1.54, 1.807) is 19.2 Å². The third kappa shape index (κ3) is 3.84. The van der Waals surface area contributed by atoms with Crippen LogP contribution < -0.4 is 14.8 Å². The summed E-state index contributed by atoms with van der Waals surface area (Å²) in [4.78, 5) is 16.4. The number of pyridine rings is 1. The molecule has 0 aliphatic carbocycles. The number of imidazole rings is 1. The van der Waals surface area contributed by atoms with E-state index in [0.717, 1.165) is 16.9 Å². The van der Waals surface area contributed by atoms with Crippen LogP contribution in [0, 0.1) is 6.92 Å². The van der Waals surface area contributed by atoms with Crippen LogP contribution in [-0.4, -0.2) is 29.0 Å². The van der Waals surface area contributed by atoms with Crippen molar-refractivity contribution in [3.8, 4) is 11.5 Å². The highest BCUT2D eigenvalue weighted by molar-refractivity contribution is 5.77. The molecule has 1 N–H and O–H groups in total. The monoisotopic (exact) mass is 325 g/mol. The third-order valence-electron chi connectivity index (χ3n) is 3.53. The van der Waals surface area contributed by atoms with Crippen molar-refractivity contribution in [2.45, 2.75) is 13.5 Å². The summed E-state index contributed by atoms with van der Waals surface area (Å²) >= 11 is 0. The molecule has 0 aliphatic rings. The lowest BCUT2D eigenvalue weighted by molar-refractivity contribution is -0.123. The summed E-state index contributed by atoms with van der Waals surface area (Å²) in [6, 6.07) is 11.1. The van der Waals surface area contributed by atoms with Crippen LogP contribution in [0.4, 0.5) is 0 Å². The average Bonchev–Trinajstić information content (AvgIpc) is 3.00. The van der Waals surface area contributed by atoms with E-state index in [9.17, 15) is 4.79 Å². The number of hydrogen-bond acceptors (Lipinski definition) is 4. The van der Waals surface area contributed by atoms with Crippen LogP contribution in [-0.2, 0) is 11.3 Å². The van der Waals surface area contributed by atoms with E-state index in [0.29, 0.717) is 18.0 Å². The molecular weight excluding hydrogens is 306 g/mol. The van der Waals surface area contributed by atoms with E-state index in [4.69, 9.17) is 9.47 Å². The second-order valence-electron chi connectivity index (χ2n) is 5.45. The molecule has 6 heteroatoms. The first kappa shape index (κ1) is 15.9. The molecule has 0 fully saturated rings. The van der Waals surface area contributed by atoms with E-state index in [1.165, 1.54) is 0 Å². The maximum Gasteiger partial charge on any atom is 0.258 e. The topological polar surface area (TPSA) is 64.9 Å². The van der Waals surface area contributed by atoms with Crippen LogP contribution in [0.25, 0.3) is 5.65 Å². The van der Waals surface area contributed by atoms with Gasteiger partial charge in [0, 0.05) is 18.5 Å². The molecule has 1 amide bonds. The summed E-state index contributed by atoms with van der Waals surface area (Å²) < 4.78 is 12.5. The Bertz CT molecular complexity index is 858. The molecule has 0 saturated carbocycles. The van der Waals surface area contributed by atoms with Gasteiger partial charge in [0.15, 0.2) is 6.61 Å². The van der Waals surface area contributed by atoms with E-state index in [2.05, 4.69) is 10.3 Å². The molecule has 1 aromatic carbocycles. The van der Waals surface area contributed by atoms with Gasteiger partial charge in [-0.3, -0.25) is 4.79 Å². The van der Waals surface area contributed by atoms with Gasteiger partial charge in [-0.05, 0) is 30.7 Å². The van der Waals surface area contributed by atoms with Gasteiger partial charge in [0.25, 0.3) is 5.91 Å². The fraction of sp³-hybridized carbons (Fsp3) is 0.222. The van der Waals surface area contributed by atoms with Crippen molar-refractivity contribution < 1.29 is 14.3 Å². The molecule has 24 heavy (non-hydrogen) atoms. The minimum absolute atomic E-state index is 0.0559. The summed E-state index contributed by atoms with van der Waals surface area (Å²) in [7, 11) is 1.59. The molecule has 0 aliphatic heterocycles. The maximum absolute atomic E-state index is 11.9. The van der Waals surface area contributed by atoms with Crippen molar-refractivity contribution in [2.75, 3.05) is 13.7 Å². The van der Waals surface area contributed by atoms with Crippen LogP contribution in [0.2, 0.25) is 0 Å². The third-order valence-corrected chi connectivity index (χ3v) is 3.53. The van der Waals surface area contributed by atoms with Gasteiger partial charge < -0.3 is 19.2 Å². The number of nitrogens with one attached hydrogen (secondary N) is 1. The zero-order chi connectivity index (χ0) is 16.9. The molecule has 6 nitrogen and oxygen atoms in total. The fourth-order valence-corrected chi connectivity index (χ4v) is 2.32. The Hall–Kier alpha value is -3.02. The van der Waals surface area contributed by atoms with Crippen LogP contribution in [0.15, 0.2) is 48.8 Å². The smallest absolute Gasteiger partial charge is 0.258 e. The largest absolute Gasteiger partial charge is 0.497 e.